The molecular weight excluding hydrogens is 423 g/mol. The molecule has 1 unspecified atom stereocenters. The van der Waals surface area contributed by atoms with Gasteiger partial charge in [-0.25, -0.2) is 0 Å². The van der Waals surface area contributed by atoms with Crippen LogP contribution < -0.4 is 10.6 Å². The molecule has 5 aromatic rings. The van der Waals surface area contributed by atoms with E-state index in [4.69, 9.17) is 4.42 Å². The van der Waals surface area contributed by atoms with Crippen molar-refractivity contribution in [3.63, 3.8) is 0 Å². The first-order valence-corrected chi connectivity index (χ1v) is 12.5. The second-order valence-electron chi connectivity index (χ2n) is 7.81. The summed E-state index contributed by atoms with van der Waals surface area (Å²) in [6.45, 7) is 7.75. The summed E-state index contributed by atoms with van der Waals surface area (Å²) in [5.74, 6) is 0. The molecule has 0 amide bonds. The largest absolute Gasteiger partial charge is 0.455 e. The predicted octanol–water partition coefficient (Wildman–Crippen LogP) is 7.82. The van der Waals surface area contributed by atoms with Crippen molar-refractivity contribution in [3.8, 4) is 11.1 Å². The quantitative estimate of drug-likeness (QED) is 0.197. The van der Waals surface area contributed by atoms with Gasteiger partial charge in [0.15, 0.2) is 7.14 Å². The molecule has 5 rings (SSSR count). The van der Waals surface area contributed by atoms with Crippen molar-refractivity contribution in [3.05, 3.63) is 134 Å². The molecule has 0 bridgehead atoms. The number of hydrogen-bond donors (Lipinski definition) is 0. The Bertz CT molecular complexity index is 1570. The molecule has 0 aliphatic heterocycles. The minimum absolute atomic E-state index is 0.655. The highest BCUT2D eigenvalue weighted by Crippen LogP contribution is 2.52. The maximum atomic E-state index is 14.7. The van der Waals surface area contributed by atoms with Gasteiger partial charge in [0.1, 0.15) is 11.2 Å². The Morgan fingerprint density at radius 2 is 1.45 bits per heavy atom. The molecule has 0 saturated carbocycles. The standard InChI is InChI=1S/C30H23O2P/c1-3-12-23(4-2)33(31,24-14-6-5-7-15-24)25-16-10-13-22(21-25)26-18-11-19-28-27-17-8-9-20-29(27)32-30(26)28/h3-21H,1-2H2/b23-12+. The average Bonchev–Trinajstić information content (AvgIpc) is 3.26. The lowest BCUT2D eigenvalue weighted by molar-refractivity contribution is 0.591. The third kappa shape index (κ3) is 3.50. The van der Waals surface area contributed by atoms with Gasteiger partial charge in [0.2, 0.25) is 0 Å². The Labute approximate surface area is 193 Å². The second kappa shape index (κ2) is 8.58. The summed E-state index contributed by atoms with van der Waals surface area (Å²) in [6.07, 6.45) is 5.11. The Balaban J connectivity index is 1.75. The minimum Gasteiger partial charge on any atom is -0.455 e. The first-order valence-electron chi connectivity index (χ1n) is 10.8. The maximum Gasteiger partial charge on any atom is 0.171 e. The Morgan fingerprint density at radius 1 is 0.758 bits per heavy atom. The maximum absolute atomic E-state index is 14.7. The van der Waals surface area contributed by atoms with E-state index in [1.165, 1.54) is 0 Å². The van der Waals surface area contributed by atoms with Gasteiger partial charge in [-0.1, -0.05) is 116 Å². The van der Waals surface area contributed by atoms with Crippen LogP contribution in [0.25, 0.3) is 33.1 Å². The van der Waals surface area contributed by atoms with E-state index >= 15 is 0 Å². The van der Waals surface area contributed by atoms with E-state index in [9.17, 15) is 4.57 Å². The highest BCUT2D eigenvalue weighted by Gasteiger charge is 2.30. The van der Waals surface area contributed by atoms with Crippen LogP contribution in [-0.2, 0) is 4.57 Å². The molecule has 160 valence electrons. The van der Waals surface area contributed by atoms with Crippen molar-refractivity contribution in [2.45, 2.75) is 0 Å². The third-order valence-corrected chi connectivity index (χ3v) is 9.00. The van der Waals surface area contributed by atoms with Crippen LogP contribution in [0.15, 0.2) is 138 Å². The molecule has 0 aliphatic carbocycles. The Morgan fingerprint density at radius 3 is 2.24 bits per heavy atom. The lowest BCUT2D eigenvalue weighted by atomic mass is 10.0. The minimum atomic E-state index is -3.15. The van der Waals surface area contributed by atoms with Crippen molar-refractivity contribution < 1.29 is 8.98 Å². The summed E-state index contributed by atoms with van der Waals surface area (Å²) in [5, 5.41) is 4.31. The van der Waals surface area contributed by atoms with Crippen molar-refractivity contribution in [1.82, 2.24) is 0 Å². The summed E-state index contributed by atoms with van der Waals surface area (Å²) in [4.78, 5) is 0. The van der Waals surface area contributed by atoms with Crippen LogP contribution >= 0.6 is 7.14 Å². The van der Waals surface area contributed by atoms with Gasteiger partial charge < -0.3 is 8.98 Å². The molecule has 33 heavy (non-hydrogen) atoms. The smallest absolute Gasteiger partial charge is 0.171 e. The number of allylic oxidation sites excluding steroid dienone is 4. The van der Waals surface area contributed by atoms with Crippen LogP contribution in [0, 0.1) is 0 Å². The fourth-order valence-corrected chi connectivity index (χ4v) is 7.03. The first kappa shape index (κ1) is 21.0. The van der Waals surface area contributed by atoms with Crippen LogP contribution in [0.4, 0.5) is 0 Å². The summed E-state index contributed by atoms with van der Waals surface area (Å²) in [5.41, 5.74) is 3.61. The molecule has 0 radical (unpaired) electrons. The van der Waals surface area contributed by atoms with Crippen LogP contribution in [0.1, 0.15) is 0 Å². The molecular formula is C30H23O2P. The molecule has 1 heterocycles. The van der Waals surface area contributed by atoms with Gasteiger partial charge >= 0.3 is 0 Å². The zero-order chi connectivity index (χ0) is 22.8. The molecule has 1 aromatic heterocycles. The monoisotopic (exact) mass is 446 g/mol. The topological polar surface area (TPSA) is 30.2 Å². The van der Waals surface area contributed by atoms with Gasteiger partial charge in [-0.15, -0.1) is 0 Å². The molecule has 0 fully saturated rings. The van der Waals surface area contributed by atoms with E-state index in [-0.39, 0.29) is 0 Å². The van der Waals surface area contributed by atoms with Gasteiger partial charge in [0.05, 0.1) is 0 Å². The van der Waals surface area contributed by atoms with E-state index in [1.807, 2.05) is 84.9 Å². The molecule has 0 saturated heterocycles. The molecule has 0 N–H and O–H groups in total. The summed E-state index contributed by atoms with van der Waals surface area (Å²) in [7, 11) is -3.15. The highest BCUT2D eigenvalue weighted by atomic mass is 31.2. The molecule has 4 aromatic carbocycles. The predicted molar refractivity (Wildman–Crippen MR) is 141 cm³/mol. The fourth-order valence-electron chi connectivity index (χ4n) is 4.35. The lowest BCUT2D eigenvalue weighted by Crippen LogP contribution is -2.17. The van der Waals surface area contributed by atoms with Crippen molar-refractivity contribution >= 4 is 39.7 Å². The van der Waals surface area contributed by atoms with Crippen molar-refractivity contribution in [1.29, 1.82) is 0 Å². The van der Waals surface area contributed by atoms with Gasteiger partial charge in [-0.2, -0.15) is 0 Å². The second-order valence-corrected chi connectivity index (χ2v) is 10.6. The molecule has 2 nitrogen and oxygen atoms in total. The summed E-state index contributed by atoms with van der Waals surface area (Å²) < 4.78 is 21.0. The van der Waals surface area contributed by atoms with E-state index in [0.29, 0.717) is 5.31 Å². The fraction of sp³-hybridized carbons (Fsp3) is 0. The number of rotatable bonds is 6. The summed E-state index contributed by atoms with van der Waals surface area (Å²) >= 11 is 0. The van der Waals surface area contributed by atoms with Crippen molar-refractivity contribution in [2.75, 3.05) is 0 Å². The van der Waals surface area contributed by atoms with Crippen LogP contribution in [-0.4, -0.2) is 0 Å². The number of fused-ring (bicyclic) bond motifs is 3. The normalized spacial score (nSPS) is 13.6. The van der Waals surface area contributed by atoms with Gasteiger partial charge in [0.25, 0.3) is 0 Å². The lowest BCUT2D eigenvalue weighted by Gasteiger charge is -2.21. The number of benzene rings is 4. The van der Waals surface area contributed by atoms with E-state index < -0.39 is 7.14 Å². The SMILES string of the molecule is C=C/C=C(\C=C)P(=O)(c1ccccc1)c1cccc(-c2cccc3c2oc2ccccc23)c1. The third-order valence-electron chi connectivity index (χ3n) is 5.91. The van der Waals surface area contributed by atoms with Gasteiger partial charge in [-0.05, 0) is 17.7 Å². The van der Waals surface area contributed by atoms with Crippen LogP contribution in [0.5, 0.6) is 0 Å². The van der Waals surface area contributed by atoms with E-state index in [2.05, 4.69) is 25.3 Å². The number of para-hydroxylation sites is 2. The first-order chi connectivity index (χ1) is 16.2. The highest BCUT2D eigenvalue weighted by molar-refractivity contribution is 7.82. The average molecular weight is 446 g/mol. The Kier molecular flexibility index (Phi) is 5.46. The Hall–Kier alpha value is -3.87. The van der Waals surface area contributed by atoms with Crippen LogP contribution in [0.3, 0.4) is 0 Å². The van der Waals surface area contributed by atoms with E-state index in [1.54, 1.807) is 18.2 Å². The summed E-state index contributed by atoms with van der Waals surface area (Å²) in [6, 6.07) is 31.7. The van der Waals surface area contributed by atoms with Gasteiger partial charge in [-0.3, -0.25) is 0 Å². The zero-order valence-electron chi connectivity index (χ0n) is 18.1. The van der Waals surface area contributed by atoms with Gasteiger partial charge in [0, 0.05) is 32.3 Å². The van der Waals surface area contributed by atoms with E-state index in [0.717, 1.165) is 43.7 Å². The molecule has 0 aliphatic rings. The molecule has 1 atom stereocenters. The molecule has 3 heteroatoms. The van der Waals surface area contributed by atoms with Crippen LogP contribution in [0.2, 0.25) is 0 Å². The molecule has 0 spiro atoms. The zero-order valence-corrected chi connectivity index (χ0v) is 19.0. The van der Waals surface area contributed by atoms with Crippen molar-refractivity contribution in [2.24, 2.45) is 0 Å². The number of furan rings is 1. The number of hydrogen-bond acceptors (Lipinski definition) is 2.